The number of aliphatic carboxylic acids is 1. The van der Waals surface area contributed by atoms with Gasteiger partial charge in [-0.05, 0) is 37.7 Å². The van der Waals surface area contributed by atoms with Gasteiger partial charge in [-0.15, -0.1) is 0 Å². The van der Waals surface area contributed by atoms with Crippen molar-refractivity contribution in [1.82, 2.24) is 4.90 Å². The van der Waals surface area contributed by atoms with Gasteiger partial charge < -0.3 is 5.11 Å². The van der Waals surface area contributed by atoms with Crippen LogP contribution in [0.5, 0.6) is 0 Å². The van der Waals surface area contributed by atoms with Crippen LogP contribution in [0.2, 0.25) is 5.02 Å². The maximum atomic E-state index is 11.9. The van der Waals surface area contributed by atoms with Crippen molar-refractivity contribution in [1.29, 1.82) is 0 Å². The molecular weight excluding hydrogens is 254 g/mol. The van der Waals surface area contributed by atoms with E-state index in [-0.39, 0.29) is 18.7 Å². The highest BCUT2D eigenvalue weighted by Gasteiger charge is 2.11. The monoisotopic (exact) mass is 269 g/mol. The van der Waals surface area contributed by atoms with Crippen molar-refractivity contribution in [2.24, 2.45) is 0 Å². The lowest BCUT2D eigenvalue weighted by Crippen LogP contribution is -2.28. The van der Waals surface area contributed by atoms with Gasteiger partial charge in [-0.2, -0.15) is 0 Å². The molecule has 98 valence electrons. The summed E-state index contributed by atoms with van der Waals surface area (Å²) in [4.78, 5) is 24.0. The molecule has 0 heterocycles. The summed E-state index contributed by atoms with van der Waals surface area (Å²) in [5.41, 5.74) is 1.45. The standard InChI is InChI=1S/C13H16ClNO3/c1-9-7-10(3-4-11(9)14)12(16)8-15(2)6-5-13(17)18/h3-4,7H,5-6,8H2,1-2H3,(H,17,18). The number of carboxylic acid groups (broad SMARTS) is 1. The molecule has 0 saturated carbocycles. The topological polar surface area (TPSA) is 57.6 Å². The molecule has 1 aromatic carbocycles. The van der Waals surface area contributed by atoms with Crippen LogP contribution in [0.15, 0.2) is 18.2 Å². The number of carbonyl (C=O) groups excluding carboxylic acids is 1. The quantitative estimate of drug-likeness (QED) is 0.805. The summed E-state index contributed by atoms with van der Waals surface area (Å²) in [5.74, 6) is -0.903. The van der Waals surface area contributed by atoms with Crippen molar-refractivity contribution < 1.29 is 14.7 Å². The van der Waals surface area contributed by atoms with E-state index >= 15 is 0 Å². The number of hydrogen-bond acceptors (Lipinski definition) is 3. The molecule has 4 nitrogen and oxygen atoms in total. The Hall–Kier alpha value is -1.39. The van der Waals surface area contributed by atoms with Crippen LogP contribution in [0.1, 0.15) is 22.3 Å². The van der Waals surface area contributed by atoms with Gasteiger partial charge in [0.1, 0.15) is 0 Å². The number of rotatable bonds is 6. The van der Waals surface area contributed by atoms with Gasteiger partial charge in [-0.1, -0.05) is 11.6 Å². The second kappa shape index (κ2) is 6.52. The average molecular weight is 270 g/mol. The lowest BCUT2D eigenvalue weighted by molar-refractivity contribution is -0.137. The Morgan fingerprint density at radius 3 is 2.61 bits per heavy atom. The Morgan fingerprint density at radius 2 is 2.06 bits per heavy atom. The highest BCUT2D eigenvalue weighted by molar-refractivity contribution is 6.31. The van der Waals surface area contributed by atoms with E-state index in [9.17, 15) is 9.59 Å². The molecule has 0 aliphatic carbocycles. The van der Waals surface area contributed by atoms with Crippen molar-refractivity contribution in [2.75, 3.05) is 20.1 Å². The molecule has 5 heteroatoms. The summed E-state index contributed by atoms with van der Waals surface area (Å²) in [5, 5.41) is 9.18. The molecular formula is C13H16ClNO3. The molecule has 0 fully saturated rings. The first kappa shape index (κ1) is 14.7. The zero-order valence-corrected chi connectivity index (χ0v) is 11.2. The third kappa shape index (κ3) is 4.47. The third-order valence-corrected chi connectivity index (χ3v) is 3.02. The zero-order chi connectivity index (χ0) is 13.7. The van der Waals surface area contributed by atoms with E-state index in [4.69, 9.17) is 16.7 Å². The van der Waals surface area contributed by atoms with Gasteiger partial charge in [0.25, 0.3) is 0 Å². The number of carboxylic acids is 1. The summed E-state index contributed by atoms with van der Waals surface area (Å²) >= 11 is 5.89. The summed E-state index contributed by atoms with van der Waals surface area (Å²) in [6, 6.07) is 5.12. The number of Topliss-reactive ketones (excluding diaryl/α,β-unsaturated/α-hetero) is 1. The number of likely N-dealkylation sites (N-methyl/N-ethyl adjacent to an activating group) is 1. The zero-order valence-electron chi connectivity index (χ0n) is 10.4. The van der Waals surface area contributed by atoms with Crippen molar-refractivity contribution in [3.8, 4) is 0 Å². The van der Waals surface area contributed by atoms with Crippen molar-refractivity contribution >= 4 is 23.4 Å². The largest absolute Gasteiger partial charge is 0.481 e. The summed E-state index contributed by atoms with van der Waals surface area (Å²) in [7, 11) is 1.73. The van der Waals surface area contributed by atoms with Gasteiger partial charge >= 0.3 is 5.97 Å². The molecule has 0 radical (unpaired) electrons. The van der Waals surface area contributed by atoms with Crippen LogP contribution in [-0.2, 0) is 4.79 Å². The lowest BCUT2D eigenvalue weighted by atomic mass is 10.1. The minimum absolute atomic E-state index is 0.0312. The van der Waals surface area contributed by atoms with Crippen LogP contribution < -0.4 is 0 Å². The average Bonchev–Trinajstić information content (AvgIpc) is 2.30. The fourth-order valence-corrected chi connectivity index (χ4v) is 1.64. The van der Waals surface area contributed by atoms with E-state index in [1.807, 2.05) is 6.92 Å². The Bertz CT molecular complexity index is 460. The van der Waals surface area contributed by atoms with Crippen LogP contribution in [0, 0.1) is 6.92 Å². The smallest absolute Gasteiger partial charge is 0.304 e. The minimum Gasteiger partial charge on any atom is -0.481 e. The fourth-order valence-electron chi connectivity index (χ4n) is 1.52. The SMILES string of the molecule is Cc1cc(C(=O)CN(C)CCC(=O)O)ccc1Cl. The van der Waals surface area contributed by atoms with Gasteiger partial charge in [0.05, 0.1) is 13.0 Å². The number of ketones is 1. The fraction of sp³-hybridized carbons (Fsp3) is 0.385. The Balaban J connectivity index is 2.59. The third-order valence-electron chi connectivity index (χ3n) is 2.60. The predicted octanol–water partition coefficient (Wildman–Crippen LogP) is 2.24. The molecule has 18 heavy (non-hydrogen) atoms. The Kier molecular flexibility index (Phi) is 5.31. The number of benzene rings is 1. The van der Waals surface area contributed by atoms with Crippen LogP contribution in [-0.4, -0.2) is 41.9 Å². The molecule has 0 aliphatic heterocycles. The number of carbonyl (C=O) groups is 2. The van der Waals surface area contributed by atoms with Crippen molar-refractivity contribution in [3.05, 3.63) is 34.3 Å². The number of hydrogen-bond donors (Lipinski definition) is 1. The molecule has 0 aliphatic rings. The first-order valence-corrected chi connectivity index (χ1v) is 5.97. The first-order valence-electron chi connectivity index (χ1n) is 5.60. The molecule has 0 spiro atoms. The van der Waals surface area contributed by atoms with Gasteiger partial charge in [-0.25, -0.2) is 0 Å². The van der Waals surface area contributed by atoms with Crippen LogP contribution in [0.25, 0.3) is 0 Å². The van der Waals surface area contributed by atoms with Crippen LogP contribution >= 0.6 is 11.6 Å². The van der Waals surface area contributed by atoms with Gasteiger partial charge in [0.2, 0.25) is 0 Å². The van der Waals surface area contributed by atoms with Crippen LogP contribution in [0.4, 0.5) is 0 Å². The molecule has 0 atom stereocenters. The highest BCUT2D eigenvalue weighted by Crippen LogP contribution is 2.16. The van der Waals surface area contributed by atoms with Crippen LogP contribution in [0.3, 0.4) is 0 Å². The van der Waals surface area contributed by atoms with E-state index < -0.39 is 5.97 Å². The summed E-state index contributed by atoms with van der Waals surface area (Å²) in [6.07, 6.45) is 0.0312. The van der Waals surface area contributed by atoms with E-state index in [1.165, 1.54) is 0 Å². The molecule has 0 bridgehead atoms. The van der Waals surface area contributed by atoms with E-state index in [2.05, 4.69) is 0 Å². The second-order valence-electron chi connectivity index (χ2n) is 4.27. The van der Waals surface area contributed by atoms with Gasteiger partial charge in [0.15, 0.2) is 5.78 Å². The second-order valence-corrected chi connectivity index (χ2v) is 4.68. The van der Waals surface area contributed by atoms with Crippen molar-refractivity contribution in [2.45, 2.75) is 13.3 Å². The van der Waals surface area contributed by atoms with E-state index in [0.717, 1.165) is 5.56 Å². The Labute approximate surface area is 111 Å². The number of aryl methyl sites for hydroxylation is 1. The van der Waals surface area contributed by atoms with E-state index in [1.54, 1.807) is 30.1 Å². The molecule has 0 amide bonds. The maximum Gasteiger partial charge on any atom is 0.304 e. The lowest BCUT2D eigenvalue weighted by Gasteiger charge is -2.14. The number of nitrogens with zero attached hydrogens (tertiary/aromatic N) is 1. The van der Waals surface area contributed by atoms with Crippen molar-refractivity contribution in [3.63, 3.8) is 0 Å². The normalized spacial score (nSPS) is 10.7. The highest BCUT2D eigenvalue weighted by atomic mass is 35.5. The molecule has 0 saturated heterocycles. The molecule has 1 N–H and O–H groups in total. The van der Waals surface area contributed by atoms with Gasteiger partial charge in [-0.3, -0.25) is 14.5 Å². The van der Waals surface area contributed by atoms with E-state index in [0.29, 0.717) is 17.1 Å². The van der Waals surface area contributed by atoms with Gasteiger partial charge in [0, 0.05) is 17.1 Å². The maximum absolute atomic E-state index is 11.9. The Morgan fingerprint density at radius 1 is 1.39 bits per heavy atom. The first-order chi connectivity index (χ1) is 8.40. The predicted molar refractivity (Wildman–Crippen MR) is 70.3 cm³/mol. The molecule has 0 unspecified atom stereocenters. The molecule has 0 aromatic heterocycles. The molecule has 1 rings (SSSR count). The number of halogens is 1. The summed E-state index contributed by atoms with van der Waals surface area (Å²) < 4.78 is 0. The molecule has 1 aromatic rings. The minimum atomic E-state index is -0.864. The summed E-state index contributed by atoms with van der Waals surface area (Å²) in [6.45, 7) is 2.40.